The van der Waals surface area contributed by atoms with E-state index in [9.17, 15) is 9.90 Å². The Labute approximate surface area is 93.4 Å². The molecular formula is C11H15NO4. The number of aliphatic hydroxyl groups is 1. The lowest BCUT2D eigenvalue weighted by atomic mass is 10.1. The minimum Gasteiger partial charge on any atom is -0.508 e. The molecule has 1 unspecified atom stereocenters. The summed E-state index contributed by atoms with van der Waals surface area (Å²) in [6, 6.07) is 3.76. The molecule has 0 aliphatic rings. The normalized spacial score (nSPS) is 12.1. The molecule has 0 radical (unpaired) electrons. The molecule has 88 valence electrons. The number of hydrogen-bond donors (Lipinski definition) is 4. The van der Waals surface area contributed by atoms with Crippen molar-refractivity contribution in [1.82, 2.24) is 5.32 Å². The fourth-order valence-corrected chi connectivity index (χ4v) is 1.14. The molecule has 0 aromatic heterocycles. The van der Waals surface area contributed by atoms with E-state index < -0.39 is 5.91 Å². The molecule has 5 heteroatoms. The maximum absolute atomic E-state index is 11.6. The Balaban J connectivity index is 2.66. The van der Waals surface area contributed by atoms with Crippen LogP contribution in [0.3, 0.4) is 0 Å². The number of phenols is 2. The zero-order chi connectivity index (χ0) is 12.1. The van der Waals surface area contributed by atoms with Crippen molar-refractivity contribution in [3.8, 4) is 11.5 Å². The van der Waals surface area contributed by atoms with E-state index in [4.69, 9.17) is 10.2 Å². The van der Waals surface area contributed by atoms with Crippen LogP contribution in [-0.4, -0.2) is 34.4 Å². The van der Waals surface area contributed by atoms with Crippen LogP contribution >= 0.6 is 0 Å². The van der Waals surface area contributed by atoms with Crippen LogP contribution in [0.15, 0.2) is 18.2 Å². The zero-order valence-corrected chi connectivity index (χ0v) is 8.97. The third kappa shape index (κ3) is 3.13. The van der Waals surface area contributed by atoms with Crippen LogP contribution < -0.4 is 5.32 Å². The van der Waals surface area contributed by atoms with E-state index in [2.05, 4.69) is 5.32 Å². The number of carbonyl (C=O) groups excluding carboxylic acids is 1. The van der Waals surface area contributed by atoms with Gasteiger partial charge in [0, 0.05) is 19.2 Å². The maximum atomic E-state index is 11.6. The fraction of sp³-hybridized carbons (Fsp3) is 0.364. The zero-order valence-electron chi connectivity index (χ0n) is 8.97. The summed E-state index contributed by atoms with van der Waals surface area (Å²) in [6.45, 7) is 2.11. The molecule has 0 spiro atoms. The molecule has 4 N–H and O–H groups in total. The van der Waals surface area contributed by atoms with Crippen LogP contribution in [-0.2, 0) is 0 Å². The molecule has 16 heavy (non-hydrogen) atoms. The Kier molecular flexibility index (Phi) is 4.13. The van der Waals surface area contributed by atoms with Gasteiger partial charge in [-0.05, 0) is 18.1 Å². The molecule has 0 fully saturated rings. The standard InChI is InChI=1S/C11H15NO4/c1-7(6-13)5-12-11(16)9-3-2-8(14)4-10(9)15/h2-4,7,13-15H,5-6H2,1H3,(H,12,16). The van der Waals surface area contributed by atoms with Gasteiger partial charge < -0.3 is 20.6 Å². The van der Waals surface area contributed by atoms with E-state index >= 15 is 0 Å². The molecule has 1 amide bonds. The lowest BCUT2D eigenvalue weighted by molar-refractivity contribution is 0.0939. The van der Waals surface area contributed by atoms with Gasteiger partial charge in [0.05, 0.1) is 5.56 Å². The number of benzene rings is 1. The molecule has 1 aromatic carbocycles. The van der Waals surface area contributed by atoms with Gasteiger partial charge in [-0.15, -0.1) is 0 Å². The molecule has 0 saturated heterocycles. The Hall–Kier alpha value is -1.75. The Morgan fingerprint density at radius 2 is 2.12 bits per heavy atom. The van der Waals surface area contributed by atoms with Crippen molar-refractivity contribution in [2.75, 3.05) is 13.2 Å². The van der Waals surface area contributed by atoms with Crippen LogP contribution in [0.25, 0.3) is 0 Å². The summed E-state index contributed by atoms with van der Waals surface area (Å²) in [6.07, 6.45) is 0. The van der Waals surface area contributed by atoms with Crippen LogP contribution in [0.5, 0.6) is 11.5 Å². The highest BCUT2D eigenvalue weighted by molar-refractivity contribution is 5.96. The summed E-state index contributed by atoms with van der Waals surface area (Å²) in [5, 5.41) is 29.8. The summed E-state index contributed by atoms with van der Waals surface area (Å²) >= 11 is 0. The number of aromatic hydroxyl groups is 2. The number of phenolic OH excluding ortho intramolecular Hbond substituents is 2. The SMILES string of the molecule is CC(CO)CNC(=O)c1ccc(O)cc1O. The highest BCUT2D eigenvalue weighted by atomic mass is 16.3. The van der Waals surface area contributed by atoms with Gasteiger partial charge in [0.25, 0.3) is 5.91 Å². The number of nitrogens with one attached hydrogen (secondary N) is 1. The highest BCUT2D eigenvalue weighted by Gasteiger charge is 2.12. The van der Waals surface area contributed by atoms with Gasteiger partial charge in [0.2, 0.25) is 0 Å². The highest BCUT2D eigenvalue weighted by Crippen LogP contribution is 2.22. The van der Waals surface area contributed by atoms with Gasteiger partial charge in [0.1, 0.15) is 11.5 Å². The molecular weight excluding hydrogens is 210 g/mol. The number of aliphatic hydroxyl groups excluding tert-OH is 1. The molecule has 5 nitrogen and oxygen atoms in total. The van der Waals surface area contributed by atoms with Crippen LogP contribution in [0.2, 0.25) is 0 Å². The number of hydrogen-bond acceptors (Lipinski definition) is 4. The van der Waals surface area contributed by atoms with E-state index in [-0.39, 0.29) is 29.6 Å². The molecule has 0 bridgehead atoms. The lowest BCUT2D eigenvalue weighted by Gasteiger charge is -2.10. The third-order valence-corrected chi connectivity index (χ3v) is 2.15. The predicted molar refractivity (Wildman–Crippen MR) is 58.4 cm³/mol. The van der Waals surface area contributed by atoms with Gasteiger partial charge in [0.15, 0.2) is 0 Å². The summed E-state index contributed by atoms with van der Waals surface area (Å²) < 4.78 is 0. The van der Waals surface area contributed by atoms with Crippen molar-refractivity contribution in [3.05, 3.63) is 23.8 Å². The largest absolute Gasteiger partial charge is 0.508 e. The Bertz CT molecular complexity index is 378. The van der Waals surface area contributed by atoms with Gasteiger partial charge in [-0.3, -0.25) is 4.79 Å². The lowest BCUT2D eigenvalue weighted by Crippen LogP contribution is -2.29. The summed E-state index contributed by atoms with van der Waals surface area (Å²) in [5.74, 6) is -0.840. The molecule has 1 aromatic rings. The van der Waals surface area contributed by atoms with Crippen molar-refractivity contribution in [2.45, 2.75) is 6.92 Å². The van der Waals surface area contributed by atoms with Gasteiger partial charge in [-0.2, -0.15) is 0 Å². The molecule has 1 atom stereocenters. The number of amides is 1. The first-order chi connectivity index (χ1) is 7.54. The molecule has 1 rings (SSSR count). The van der Waals surface area contributed by atoms with Crippen LogP contribution in [0.4, 0.5) is 0 Å². The summed E-state index contributed by atoms with van der Waals surface area (Å²) in [7, 11) is 0. The molecule has 0 saturated carbocycles. The average molecular weight is 225 g/mol. The van der Waals surface area contributed by atoms with E-state index in [1.807, 2.05) is 0 Å². The van der Waals surface area contributed by atoms with E-state index in [1.165, 1.54) is 12.1 Å². The molecule has 0 heterocycles. The number of rotatable bonds is 4. The monoisotopic (exact) mass is 225 g/mol. The number of carbonyl (C=O) groups is 1. The second kappa shape index (κ2) is 5.37. The first-order valence-corrected chi connectivity index (χ1v) is 4.95. The molecule has 0 aliphatic carbocycles. The van der Waals surface area contributed by atoms with Crippen LogP contribution in [0.1, 0.15) is 17.3 Å². The minimum atomic E-state index is -0.433. The second-order valence-electron chi connectivity index (χ2n) is 3.70. The van der Waals surface area contributed by atoms with Crippen molar-refractivity contribution < 1.29 is 20.1 Å². The van der Waals surface area contributed by atoms with Crippen molar-refractivity contribution in [1.29, 1.82) is 0 Å². The van der Waals surface area contributed by atoms with E-state index in [1.54, 1.807) is 6.92 Å². The van der Waals surface area contributed by atoms with Gasteiger partial charge in [-0.1, -0.05) is 6.92 Å². The third-order valence-electron chi connectivity index (χ3n) is 2.15. The fourth-order valence-electron chi connectivity index (χ4n) is 1.14. The van der Waals surface area contributed by atoms with Crippen molar-refractivity contribution >= 4 is 5.91 Å². The average Bonchev–Trinajstić information content (AvgIpc) is 2.25. The smallest absolute Gasteiger partial charge is 0.255 e. The Morgan fingerprint density at radius 3 is 2.69 bits per heavy atom. The second-order valence-corrected chi connectivity index (χ2v) is 3.70. The maximum Gasteiger partial charge on any atom is 0.255 e. The first kappa shape index (κ1) is 12.3. The van der Waals surface area contributed by atoms with Crippen molar-refractivity contribution in [2.24, 2.45) is 5.92 Å². The first-order valence-electron chi connectivity index (χ1n) is 4.95. The Morgan fingerprint density at radius 1 is 1.44 bits per heavy atom. The minimum absolute atomic E-state index is 0.0121. The van der Waals surface area contributed by atoms with Gasteiger partial charge in [-0.25, -0.2) is 0 Å². The summed E-state index contributed by atoms with van der Waals surface area (Å²) in [4.78, 5) is 11.6. The topological polar surface area (TPSA) is 89.8 Å². The predicted octanol–water partition coefficient (Wildman–Crippen LogP) is 0.456. The van der Waals surface area contributed by atoms with Crippen LogP contribution in [0, 0.1) is 5.92 Å². The summed E-state index contributed by atoms with van der Waals surface area (Å²) in [5.41, 5.74) is 0.0999. The quantitative estimate of drug-likeness (QED) is 0.599. The molecule has 0 aliphatic heterocycles. The van der Waals surface area contributed by atoms with Gasteiger partial charge >= 0.3 is 0 Å². The van der Waals surface area contributed by atoms with E-state index in [0.717, 1.165) is 6.07 Å². The van der Waals surface area contributed by atoms with Crippen molar-refractivity contribution in [3.63, 3.8) is 0 Å². The van der Waals surface area contributed by atoms with E-state index in [0.29, 0.717) is 6.54 Å².